The molecule has 0 N–H and O–H groups in total. The second-order valence-corrected chi connectivity index (χ2v) is 5.89. The van der Waals surface area contributed by atoms with Crippen LogP contribution in [0.1, 0.15) is 28.2 Å². The van der Waals surface area contributed by atoms with Gasteiger partial charge in [0.05, 0.1) is 11.0 Å². The summed E-state index contributed by atoms with van der Waals surface area (Å²) in [6, 6.07) is 8.01. The number of carbonyl (C=O) groups is 1. The largest absolute Gasteiger partial charge is 0.334 e. The molecule has 0 aliphatic heterocycles. The van der Waals surface area contributed by atoms with E-state index in [1.165, 1.54) is 34.4 Å². The van der Waals surface area contributed by atoms with Crippen molar-refractivity contribution < 1.29 is 9.72 Å². The Morgan fingerprint density at radius 1 is 1.38 bits per heavy atom. The van der Waals surface area contributed by atoms with E-state index in [1.807, 2.05) is 24.4 Å². The first-order valence-corrected chi connectivity index (χ1v) is 7.42. The number of amides is 1. The van der Waals surface area contributed by atoms with Crippen LogP contribution in [0.4, 0.5) is 5.69 Å². The predicted octanol–water partition coefficient (Wildman–Crippen LogP) is 4.14. The maximum Gasteiger partial charge on any atom is 0.300 e. The Kier molecular flexibility index (Phi) is 4.59. The van der Waals surface area contributed by atoms with Gasteiger partial charge >= 0.3 is 5.69 Å². The molecule has 0 spiro atoms. The number of halogens is 1. The number of hydrogen-bond acceptors (Lipinski definition) is 4. The van der Waals surface area contributed by atoms with Gasteiger partial charge in [-0.25, -0.2) is 0 Å². The Balaban J connectivity index is 2.36. The van der Waals surface area contributed by atoms with Gasteiger partial charge in [0.25, 0.3) is 5.91 Å². The van der Waals surface area contributed by atoms with Gasteiger partial charge < -0.3 is 4.90 Å². The van der Waals surface area contributed by atoms with Crippen LogP contribution in [0.5, 0.6) is 0 Å². The Bertz CT molecular complexity index is 673. The molecular weight excluding hydrogens is 312 g/mol. The van der Waals surface area contributed by atoms with Crippen molar-refractivity contribution >= 4 is 34.5 Å². The van der Waals surface area contributed by atoms with Crippen molar-refractivity contribution in [1.82, 2.24) is 4.90 Å². The summed E-state index contributed by atoms with van der Waals surface area (Å²) in [5, 5.41) is 13.0. The topological polar surface area (TPSA) is 63.5 Å². The highest BCUT2D eigenvalue weighted by Crippen LogP contribution is 2.31. The molecule has 2 aromatic rings. The maximum atomic E-state index is 12.5. The van der Waals surface area contributed by atoms with E-state index in [-0.39, 0.29) is 22.3 Å². The Morgan fingerprint density at radius 3 is 2.67 bits per heavy atom. The van der Waals surface area contributed by atoms with Crippen LogP contribution >= 0.6 is 22.9 Å². The molecule has 0 radical (unpaired) electrons. The average molecular weight is 325 g/mol. The summed E-state index contributed by atoms with van der Waals surface area (Å²) in [4.78, 5) is 25.5. The molecule has 1 aromatic carbocycles. The van der Waals surface area contributed by atoms with Crippen molar-refractivity contribution in [2.24, 2.45) is 0 Å². The van der Waals surface area contributed by atoms with Crippen molar-refractivity contribution in [3.63, 3.8) is 0 Å². The van der Waals surface area contributed by atoms with Crippen LogP contribution < -0.4 is 0 Å². The van der Waals surface area contributed by atoms with Gasteiger partial charge in [0.2, 0.25) is 0 Å². The van der Waals surface area contributed by atoms with E-state index in [0.717, 1.165) is 4.88 Å². The molecule has 0 aliphatic rings. The molecule has 1 heterocycles. The fourth-order valence-electron chi connectivity index (χ4n) is 1.96. The Labute approximate surface area is 130 Å². The van der Waals surface area contributed by atoms with Gasteiger partial charge in [-0.2, -0.15) is 0 Å². The lowest BCUT2D eigenvalue weighted by atomic mass is 10.1. The average Bonchev–Trinajstić information content (AvgIpc) is 2.98. The van der Waals surface area contributed by atoms with E-state index >= 15 is 0 Å². The molecule has 1 atom stereocenters. The van der Waals surface area contributed by atoms with Gasteiger partial charge in [-0.1, -0.05) is 23.7 Å². The van der Waals surface area contributed by atoms with Crippen LogP contribution in [0.3, 0.4) is 0 Å². The molecule has 0 aliphatic carbocycles. The molecule has 0 fully saturated rings. The lowest BCUT2D eigenvalue weighted by molar-refractivity contribution is -0.385. The monoisotopic (exact) mass is 324 g/mol. The van der Waals surface area contributed by atoms with Crippen molar-refractivity contribution in [3.05, 3.63) is 61.3 Å². The lowest BCUT2D eigenvalue weighted by Crippen LogP contribution is -2.29. The minimum atomic E-state index is -0.626. The predicted molar refractivity (Wildman–Crippen MR) is 82.9 cm³/mol. The molecule has 1 amide bonds. The Hall–Kier alpha value is -1.92. The minimum Gasteiger partial charge on any atom is -0.334 e. The molecule has 21 heavy (non-hydrogen) atoms. The van der Waals surface area contributed by atoms with E-state index in [4.69, 9.17) is 11.6 Å². The molecule has 1 aromatic heterocycles. The van der Waals surface area contributed by atoms with Gasteiger partial charge in [0.15, 0.2) is 0 Å². The van der Waals surface area contributed by atoms with Crippen molar-refractivity contribution in [2.75, 3.05) is 7.05 Å². The van der Waals surface area contributed by atoms with Gasteiger partial charge in [-0.05, 0) is 30.5 Å². The molecule has 110 valence electrons. The summed E-state index contributed by atoms with van der Waals surface area (Å²) >= 11 is 7.37. The van der Waals surface area contributed by atoms with E-state index in [1.54, 1.807) is 7.05 Å². The molecule has 2 rings (SSSR count). The normalized spacial score (nSPS) is 12.0. The number of nitro groups is 1. The lowest BCUT2D eigenvalue weighted by Gasteiger charge is -2.24. The molecule has 1 unspecified atom stereocenters. The van der Waals surface area contributed by atoms with Gasteiger partial charge in [-0.15, -0.1) is 11.3 Å². The highest BCUT2D eigenvalue weighted by molar-refractivity contribution is 7.10. The molecule has 0 saturated carbocycles. The number of hydrogen-bond donors (Lipinski definition) is 0. The fourth-order valence-corrected chi connectivity index (χ4v) is 3.03. The van der Waals surface area contributed by atoms with Crippen molar-refractivity contribution in [2.45, 2.75) is 13.0 Å². The summed E-state index contributed by atoms with van der Waals surface area (Å²) in [6.45, 7) is 1.88. The van der Waals surface area contributed by atoms with Crippen LogP contribution in [0.2, 0.25) is 5.02 Å². The third-order valence-corrected chi connectivity index (χ3v) is 4.60. The first-order valence-electron chi connectivity index (χ1n) is 6.17. The van der Waals surface area contributed by atoms with Crippen molar-refractivity contribution in [3.8, 4) is 0 Å². The Morgan fingerprint density at radius 2 is 2.10 bits per heavy atom. The zero-order chi connectivity index (χ0) is 15.6. The number of nitro benzene ring substituents is 1. The fraction of sp³-hybridized carbons (Fsp3) is 0.214. The molecule has 0 saturated heterocycles. The van der Waals surface area contributed by atoms with Crippen LogP contribution in [-0.4, -0.2) is 22.8 Å². The number of para-hydroxylation sites is 1. The minimum absolute atomic E-state index is 0.00148. The SMILES string of the molecule is CC(c1cccs1)N(C)C(=O)c1cccc(Cl)c1[N+](=O)[O-]. The second kappa shape index (κ2) is 6.24. The summed E-state index contributed by atoms with van der Waals surface area (Å²) in [5.41, 5.74) is -0.354. The molecule has 5 nitrogen and oxygen atoms in total. The zero-order valence-electron chi connectivity index (χ0n) is 11.4. The van der Waals surface area contributed by atoms with Crippen LogP contribution in [0.15, 0.2) is 35.7 Å². The van der Waals surface area contributed by atoms with Crippen molar-refractivity contribution in [1.29, 1.82) is 0 Å². The third kappa shape index (κ3) is 3.06. The molecule has 0 bridgehead atoms. The maximum absolute atomic E-state index is 12.5. The number of thiophene rings is 1. The second-order valence-electron chi connectivity index (χ2n) is 4.50. The first-order chi connectivity index (χ1) is 9.93. The summed E-state index contributed by atoms with van der Waals surface area (Å²) in [5.74, 6) is -0.426. The molecule has 7 heteroatoms. The third-order valence-electron chi connectivity index (χ3n) is 3.26. The first kappa shape index (κ1) is 15.5. The highest BCUT2D eigenvalue weighted by atomic mass is 35.5. The van der Waals surface area contributed by atoms with Gasteiger partial charge in [0.1, 0.15) is 10.6 Å². The summed E-state index contributed by atoms with van der Waals surface area (Å²) in [7, 11) is 1.62. The number of rotatable bonds is 4. The number of nitrogens with zero attached hydrogens (tertiary/aromatic N) is 2. The quantitative estimate of drug-likeness (QED) is 0.627. The summed E-state index contributed by atoms with van der Waals surface area (Å²) in [6.07, 6.45) is 0. The van der Waals surface area contributed by atoms with Crippen LogP contribution in [0.25, 0.3) is 0 Å². The molecular formula is C14H13ClN2O3S. The van der Waals surface area contributed by atoms with Crippen LogP contribution in [-0.2, 0) is 0 Å². The van der Waals surface area contributed by atoms with E-state index in [2.05, 4.69) is 0 Å². The summed E-state index contributed by atoms with van der Waals surface area (Å²) < 4.78 is 0. The van der Waals surface area contributed by atoms with Gasteiger partial charge in [-0.3, -0.25) is 14.9 Å². The number of benzene rings is 1. The number of carbonyl (C=O) groups excluding carboxylic acids is 1. The van der Waals surface area contributed by atoms with E-state index in [9.17, 15) is 14.9 Å². The van der Waals surface area contributed by atoms with E-state index in [0.29, 0.717) is 0 Å². The van der Waals surface area contributed by atoms with Gasteiger partial charge in [0, 0.05) is 11.9 Å². The standard InChI is InChI=1S/C14H13ClN2O3S/c1-9(12-7-4-8-21-12)16(2)14(18)10-5-3-6-11(15)13(10)17(19)20/h3-9H,1-2H3. The highest BCUT2D eigenvalue weighted by Gasteiger charge is 2.28. The smallest absolute Gasteiger partial charge is 0.300 e. The zero-order valence-corrected chi connectivity index (χ0v) is 13.0. The van der Waals surface area contributed by atoms with Crippen LogP contribution in [0, 0.1) is 10.1 Å². The van der Waals surface area contributed by atoms with E-state index < -0.39 is 10.8 Å².